The van der Waals surface area contributed by atoms with Crippen molar-refractivity contribution >= 4 is 7.82 Å². The fraction of sp³-hybridized carbons (Fsp3) is 0.565. The number of hydrogen-bond donors (Lipinski definition) is 3. The SMILES string of the molecule is Cc1ccc2cc1[C@H]1CC(OP(=O)(O)OC[C@H]3O[C@H](CC3O)n3cc(C)c(nc3=O)C2)[C@@H](CO)O1. The fourth-order valence-corrected chi connectivity index (χ4v) is 5.88. The Hall–Kier alpha value is -1.95. The van der Waals surface area contributed by atoms with Gasteiger partial charge in [0, 0.05) is 25.5 Å². The third-order valence-electron chi connectivity index (χ3n) is 6.87. The van der Waals surface area contributed by atoms with Gasteiger partial charge in [-0.2, -0.15) is 4.98 Å². The Morgan fingerprint density at radius 3 is 2.74 bits per heavy atom. The Morgan fingerprint density at radius 1 is 1.17 bits per heavy atom. The lowest BCUT2D eigenvalue weighted by Gasteiger charge is -2.22. The average molecular weight is 508 g/mol. The molecular formula is C23H29N2O9P. The standard InChI is InChI=1S/C23H29N2O9P/c1-12-3-4-14-5-15(12)18-8-19(20(10-26)32-18)34-35(29,30)31-11-21-17(27)7-22(33-21)25-9-13(2)16(6-14)24-23(25)28/h3-5,9,17-22,26-27H,6-8,10-11H2,1-2H3,(H,29,30)/t17?,18-,19?,20-,21-,22-/m1/s1. The molecule has 0 radical (unpaired) electrons. The van der Waals surface area contributed by atoms with Crippen molar-refractivity contribution in [3.05, 3.63) is 62.8 Å². The van der Waals surface area contributed by atoms with Crippen LogP contribution in [0.15, 0.2) is 29.2 Å². The Labute approximate surface area is 201 Å². The number of phosphoric acid groups is 1. The van der Waals surface area contributed by atoms with E-state index < -0.39 is 63.5 Å². The van der Waals surface area contributed by atoms with Gasteiger partial charge in [-0.05, 0) is 36.1 Å². The molecule has 2 saturated heterocycles. The third-order valence-corrected chi connectivity index (χ3v) is 7.88. The molecule has 4 aliphatic heterocycles. The smallest absolute Gasteiger partial charge is 0.394 e. The van der Waals surface area contributed by atoms with E-state index in [0.29, 0.717) is 12.1 Å². The Kier molecular flexibility index (Phi) is 6.71. The van der Waals surface area contributed by atoms with Gasteiger partial charge in [-0.1, -0.05) is 18.2 Å². The molecule has 2 fully saturated rings. The van der Waals surface area contributed by atoms with E-state index in [4.69, 9.17) is 18.5 Å². The quantitative estimate of drug-likeness (QED) is 0.483. The highest BCUT2D eigenvalue weighted by atomic mass is 31.2. The van der Waals surface area contributed by atoms with Crippen molar-refractivity contribution in [1.29, 1.82) is 0 Å². The van der Waals surface area contributed by atoms with Crippen LogP contribution in [-0.2, 0) is 29.5 Å². The lowest BCUT2D eigenvalue weighted by molar-refractivity contribution is -0.0529. The van der Waals surface area contributed by atoms with Crippen LogP contribution in [0.5, 0.6) is 0 Å². The zero-order chi connectivity index (χ0) is 24.9. The van der Waals surface area contributed by atoms with Crippen molar-refractivity contribution in [2.75, 3.05) is 13.2 Å². The van der Waals surface area contributed by atoms with Gasteiger partial charge in [-0.25, -0.2) is 9.36 Å². The van der Waals surface area contributed by atoms with Crippen LogP contribution in [0.4, 0.5) is 0 Å². The van der Waals surface area contributed by atoms with Gasteiger partial charge in [-0.15, -0.1) is 0 Å². The van der Waals surface area contributed by atoms with Crippen LogP contribution in [-0.4, -0.2) is 62.3 Å². The highest BCUT2D eigenvalue weighted by Gasteiger charge is 2.43. The van der Waals surface area contributed by atoms with Crippen LogP contribution in [0.2, 0.25) is 0 Å². The highest BCUT2D eigenvalue weighted by Crippen LogP contribution is 2.50. The van der Waals surface area contributed by atoms with E-state index in [1.165, 1.54) is 4.57 Å². The van der Waals surface area contributed by atoms with Crippen LogP contribution < -0.4 is 5.69 Å². The van der Waals surface area contributed by atoms with Crippen LogP contribution in [0, 0.1) is 13.8 Å². The number of hydrogen-bond acceptors (Lipinski definition) is 9. The molecule has 8 bridgehead atoms. The monoisotopic (exact) mass is 508 g/mol. The summed E-state index contributed by atoms with van der Waals surface area (Å²) in [5.74, 6) is 0. The molecule has 190 valence electrons. The largest absolute Gasteiger partial charge is 0.472 e. The molecule has 0 amide bonds. The van der Waals surface area contributed by atoms with Crippen LogP contribution >= 0.6 is 7.82 Å². The molecule has 1 aromatic carbocycles. The summed E-state index contributed by atoms with van der Waals surface area (Å²) in [5, 5.41) is 20.2. The molecule has 3 N–H and O–H groups in total. The van der Waals surface area contributed by atoms with Crippen LogP contribution in [0.3, 0.4) is 0 Å². The number of aliphatic hydroxyl groups excluding tert-OH is 2. The maximum Gasteiger partial charge on any atom is 0.472 e. The van der Waals surface area contributed by atoms with Crippen molar-refractivity contribution in [3.63, 3.8) is 0 Å². The van der Waals surface area contributed by atoms with E-state index in [0.717, 1.165) is 22.3 Å². The zero-order valence-electron chi connectivity index (χ0n) is 19.4. The normalized spacial score (nSPS) is 35.1. The minimum absolute atomic E-state index is 0.0943. The molecule has 3 unspecified atom stereocenters. The molecule has 12 heteroatoms. The van der Waals surface area contributed by atoms with E-state index in [-0.39, 0.29) is 12.8 Å². The Bertz CT molecular complexity index is 1220. The zero-order valence-corrected chi connectivity index (χ0v) is 20.3. The molecule has 6 rings (SSSR count). The second kappa shape index (κ2) is 9.49. The fourth-order valence-electron chi connectivity index (χ4n) is 4.92. The van der Waals surface area contributed by atoms with Crippen molar-refractivity contribution < 1.29 is 38.2 Å². The van der Waals surface area contributed by atoms with Crippen LogP contribution in [0.1, 0.15) is 53.1 Å². The molecule has 35 heavy (non-hydrogen) atoms. The second-order valence-electron chi connectivity index (χ2n) is 9.35. The maximum absolute atomic E-state index is 12.8. The average Bonchev–Trinajstić information content (AvgIpc) is 3.37. The summed E-state index contributed by atoms with van der Waals surface area (Å²) in [7, 11) is -4.57. The van der Waals surface area contributed by atoms with Gasteiger partial charge in [-0.3, -0.25) is 13.6 Å². The number of benzene rings is 1. The number of fused-ring (bicyclic) bond motifs is 5. The molecule has 7 atom stereocenters. The Morgan fingerprint density at radius 2 is 1.97 bits per heavy atom. The molecule has 0 spiro atoms. The van der Waals surface area contributed by atoms with Crippen molar-refractivity contribution in [1.82, 2.24) is 9.55 Å². The molecule has 1 aromatic heterocycles. The maximum atomic E-state index is 12.8. The number of aromatic nitrogens is 2. The summed E-state index contributed by atoms with van der Waals surface area (Å²) in [4.78, 5) is 27.4. The van der Waals surface area contributed by atoms with E-state index in [9.17, 15) is 24.5 Å². The lowest BCUT2D eigenvalue weighted by atomic mass is 9.95. The summed E-state index contributed by atoms with van der Waals surface area (Å²) in [6, 6.07) is 5.86. The minimum Gasteiger partial charge on any atom is -0.394 e. The minimum atomic E-state index is -4.57. The van der Waals surface area contributed by atoms with E-state index >= 15 is 0 Å². The number of rotatable bonds is 1. The predicted molar refractivity (Wildman–Crippen MR) is 122 cm³/mol. The van der Waals surface area contributed by atoms with E-state index in [1.54, 1.807) is 6.20 Å². The van der Waals surface area contributed by atoms with Gasteiger partial charge in [0.15, 0.2) is 0 Å². The first-order chi connectivity index (χ1) is 16.6. The number of aryl methyl sites for hydroxylation is 2. The van der Waals surface area contributed by atoms with Crippen molar-refractivity contribution in [3.8, 4) is 0 Å². The summed E-state index contributed by atoms with van der Waals surface area (Å²) < 4.78 is 36.3. The van der Waals surface area contributed by atoms with Crippen LogP contribution in [0.25, 0.3) is 0 Å². The van der Waals surface area contributed by atoms with Gasteiger partial charge < -0.3 is 24.6 Å². The van der Waals surface area contributed by atoms with Gasteiger partial charge >= 0.3 is 13.5 Å². The van der Waals surface area contributed by atoms with Gasteiger partial charge in [0.1, 0.15) is 24.5 Å². The summed E-state index contributed by atoms with van der Waals surface area (Å²) in [5.41, 5.74) is 3.64. The van der Waals surface area contributed by atoms with Gasteiger partial charge in [0.25, 0.3) is 0 Å². The number of phosphoric ester groups is 1. The molecule has 4 aliphatic rings. The molecule has 5 heterocycles. The van der Waals surface area contributed by atoms with Gasteiger partial charge in [0.2, 0.25) is 0 Å². The second-order valence-corrected chi connectivity index (χ2v) is 10.8. The van der Waals surface area contributed by atoms with Gasteiger partial charge in [0.05, 0.1) is 31.1 Å². The first-order valence-corrected chi connectivity index (χ1v) is 13.1. The molecule has 2 aromatic rings. The van der Waals surface area contributed by atoms with E-state index in [2.05, 4.69) is 4.98 Å². The Balaban J connectivity index is 1.56. The number of aliphatic hydroxyl groups is 2. The first kappa shape index (κ1) is 24.7. The first-order valence-electron chi connectivity index (χ1n) is 11.6. The molecule has 0 saturated carbocycles. The number of nitrogens with zero attached hydrogens (tertiary/aromatic N) is 2. The van der Waals surface area contributed by atoms with Crippen molar-refractivity contribution in [2.45, 2.75) is 69.9 Å². The summed E-state index contributed by atoms with van der Waals surface area (Å²) >= 11 is 0. The molecule has 11 nitrogen and oxygen atoms in total. The number of ether oxygens (including phenoxy) is 2. The molecular weight excluding hydrogens is 479 g/mol. The molecule has 0 aliphatic carbocycles. The summed E-state index contributed by atoms with van der Waals surface area (Å²) in [6.07, 6.45) is -2.53. The third kappa shape index (κ3) is 5.00. The topological polar surface area (TPSA) is 150 Å². The van der Waals surface area contributed by atoms with Crippen molar-refractivity contribution in [2.24, 2.45) is 0 Å². The lowest BCUT2D eigenvalue weighted by Crippen LogP contribution is -2.30. The predicted octanol–water partition coefficient (Wildman–Crippen LogP) is 1.44. The highest BCUT2D eigenvalue weighted by molar-refractivity contribution is 7.47. The summed E-state index contributed by atoms with van der Waals surface area (Å²) in [6.45, 7) is 2.97. The van der Waals surface area contributed by atoms with E-state index in [1.807, 2.05) is 32.0 Å².